The Bertz CT molecular complexity index is 60.1. The standard InChI is InChI=1S/C4H3/c1-4-2-3-4/h2H,1H2/q-1. The van der Waals surface area contributed by atoms with Crippen LogP contribution in [0.3, 0.4) is 0 Å². The molecule has 0 aromatic rings. The first-order chi connectivity index (χ1) is 1.89. The lowest BCUT2D eigenvalue weighted by Crippen LogP contribution is -1.20. The maximum absolute atomic E-state index is 3.50. The van der Waals surface area contributed by atoms with Gasteiger partial charge in [-0.25, -0.2) is 24.3 Å². The van der Waals surface area contributed by atoms with Gasteiger partial charge in [-0.15, -0.1) is 0 Å². The quantitative estimate of drug-likeness (QED) is 0.359. The molecule has 0 saturated heterocycles. The highest BCUT2D eigenvalue weighted by Gasteiger charge is 1.68. The highest BCUT2D eigenvalue weighted by Crippen LogP contribution is 2.05. The van der Waals surface area contributed by atoms with Crippen LogP contribution >= 0.6 is 0 Å². The molecular weight excluding hydrogens is 48.0 g/mol. The molecule has 0 nitrogen and oxygen atoms in total. The van der Waals surface area contributed by atoms with E-state index in [0.29, 0.717) is 0 Å². The molecule has 0 spiro atoms. The Hall–Kier alpha value is -0.520. The minimum atomic E-state index is 1.04. The first-order valence-electron chi connectivity index (χ1n) is 1.18. The second-order valence-corrected chi connectivity index (χ2v) is 0.814. The van der Waals surface area contributed by atoms with Gasteiger partial charge in [-0.05, 0) is 0 Å². The smallest absolute Gasteiger partial charge is 0.214 e. The Morgan fingerprint density at radius 2 is 2.25 bits per heavy atom. The maximum Gasteiger partial charge on any atom is -0.214 e. The fraction of sp³-hybridized carbons (Fsp3) is 0. The monoisotopic (exact) mass is 51.0 g/mol. The Morgan fingerprint density at radius 3 is 2.25 bits per heavy atom. The molecule has 0 N–H and O–H groups in total. The van der Waals surface area contributed by atoms with E-state index in [1.165, 1.54) is 0 Å². The van der Waals surface area contributed by atoms with Gasteiger partial charge < -0.3 is 0 Å². The van der Waals surface area contributed by atoms with Crippen molar-refractivity contribution < 1.29 is 0 Å². The Morgan fingerprint density at radius 1 is 2.00 bits per heavy atom. The number of allylic oxidation sites excluding steroid dienone is 3. The molecule has 0 fully saturated rings. The second-order valence-electron chi connectivity index (χ2n) is 0.814. The zero-order valence-electron chi connectivity index (χ0n) is 2.28. The highest BCUT2D eigenvalue weighted by atomic mass is 13.9. The van der Waals surface area contributed by atoms with Gasteiger partial charge in [0.1, 0.15) is 0 Å². The van der Waals surface area contributed by atoms with Crippen LogP contribution in [0.25, 0.3) is 0 Å². The fourth-order valence-corrected chi connectivity index (χ4v) is 0.0510. The summed E-state index contributed by atoms with van der Waals surface area (Å²) in [6.45, 7) is 3.50. The van der Waals surface area contributed by atoms with Crippen LogP contribution in [-0.2, 0) is 0 Å². The van der Waals surface area contributed by atoms with Gasteiger partial charge in [0.25, 0.3) is 0 Å². The van der Waals surface area contributed by atoms with Crippen molar-refractivity contribution in [1.82, 2.24) is 0 Å². The summed E-state index contributed by atoms with van der Waals surface area (Å²) >= 11 is 0. The van der Waals surface area contributed by atoms with Crippen LogP contribution in [0.15, 0.2) is 18.2 Å². The summed E-state index contributed by atoms with van der Waals surface area (Å²) in [5.74, 6) is 0. The lowest BCUT2D eigenvalue weighted by molar-refractivity contribution is 2.12. The molecule has 1 aliphatic rings. The highest BCUT2D eigenvalue weighted by molar-refractivity contribution is 5.36. The minimum Gasteiger partial charge on any atom is -0.246 e. The van der Waals surface area contributed by atoms with Crippen molar-refractivity contribution in [2.45, 2.75) is 0 Å². The van der Waals surface area contributed by atoms with Gasteiger partial charge in [0.2, 0.25) is 0 Å². The summed E-state index contributed by atoms with van der Waals surface area (Å²) in [5.41, 5.74) is 1.04. The Labute approximate surface area is 25.4 Å². The van der Waals surface area contributed by atoms with Crippen molar-refractivity contribution in [2.24, 2.45) is 0 Å². The van der Waals surface area contributed by atoms with Crippen LogP contribution in [0.4, 0.5) is 0 Å². The molecule has 4 heavy (non-hydrogen) atoms. The van der Waals surface area contributed by atoms with E-state index in [2.05, 4.69) is 12.7 Å². The third-order valence-electron chi connectivity index (χ3n) is 0.348. The first-order valence-corrected chi connectivity index (χ1v) is 1.18. The molecule has 0 radical (unpaired) electrons. The minimum absolute atomic E-state index is 1.04. The molecule has 0 aromatic heterocycles. The van der Waals surface area contributed by atoms with Crippen LogP contribution in [0.5, 0.6) is 0 Å². The summed E-state index contributed by atoms with van der Waals surface area (Å²) in [6.07, 6.45) is 4.62. The lowest BCUT2D eigenvalue weighted by Gasteiger charge is -1.58. The van der Waals surface area contributed by atoms with Crippen molar-refractivity contribution in [1.29, 1.82) is 0 Å². The van der Waals surface area contributed by atoms with Crippen LogP contribution < -0.4 is 0 Å². The van der Waals surface area contributed by atoms with Gasteiger partial charge >= 0.3 is 0 Å². The molecule has 0 atom stereocenters. The molecule has 0 aromatic carbocycles. The molecule has 0 saturated carbocycles. The number of hydrogen-bond donors (Lipinski definition) is 0. The average molecular weight is 51.1 g/mol. The summed E-state index contributed by atoms with van der Waals surface area (Å²) in [5, 5.41) is 0. The summed E-state index contributed by atoms with van der Waals surface area (Å²) in [7, 11) is 0. The van der Waals surface area contributed by atoms with Crippen LogP contribution in [0, 0.1) is 6.08 Å². The molecule has 0 bridgehead atoms. The molecule has 1 rings (SSSR count). The van der Waals surface area contributed by atoms with Crippen molar-refractivity contribution in [3.8, 4) is 0 Å². The zero-order chi connectivity index (χ0) is 2.99. The first kappa shape index (κ1) is 1.77. The molecule has 20 valence electrons. The topological polar surface area (TPSA) is 0 Å². The SMILES string of the molecule is C=C1[C-]=C1. The molecule has 0 heteroatoms. The van der Waals surface area contributed by atoms with Gasteiger partial charge in [-0.2, -0.15) is 0 Å². The van der Waals surface area contributed by atoms with Crippen molar-refractivity contribution in [3.63, 3.8) is 0 Å². The van der Waals surface area contributed by atoms with E-state index in [4.69, 9.17) is 0 Å². The van der Waals surface area contributed by atoms with Gasteiger partial charge in [-0.3, -0.25) is 0 Å². The summed E-state index contributed by atoms with van der Waals surface area (Å²) < 4.78 is 0. The Kier molecular flexibility index (Phi) is 0.120. The largest absolute Gasteiger partial charge is 0.246 e. The molecule has 0 amide bonds. The fourth-order valence-electron chi connectivity index (χ4n) is 0.0510. The lowest BCUT2D eigenvalue weighted by atomic mass is 10.7. The van der Waals surface area contributed by atoms with Gasteiger partial charge in [0.15, 0.2) is 0 Å². The second kappa shape index (κ2) is 0.271. The predicted octanol–water partition coefficient (Wildman–Crippen LogP) is 0.916. The molecule has 1 aliphatic carbocycles. The van der Waals surface area contributed by atoms with E-state index in [0.717, 1.165) is 5.57 Å². The molecule has 0 heterocycles. The maximum atomic E-state index is 3.50. The zero-order valence-corrected chi connectivity index (χ0v) is 2.28. The van der Waals surface area contributed by atoms with Gasteiger partial charge in [-0.1, -0.05) is 0 Å². The molecule has 0 aliphatic heterocycles. The van der Waals surface area contributed by atoms with Gasteiger partial charge in [0, 0.05) is 0 Å². The van der Waals surface area contributed by atoms with Crippen LogP contribution in [0.1, 0.15) is 0 Å². The van der Waals surface area contributed by atoms with Crippen molar-refractivity contribution >= 4 is 0 Å². The van der Waals surface area contributed by atoms with Crippen molar-refractivity contribution in [3.05, 3.63) is 24.3 Å². The number of hydrogen-bond acceptors (Lipinski definition) is 0. The van der Waals surface area contributed by atoms with E-state index in [-0.39, 0.29) is 0 Å². The van der Waals surface area contributed by atoms with E-state index in [9.17, 15) is 0 Å². The van der Waals surface area contributed by atoms with E-state index in [1.807, 2.05) is 6.08 Å². The van der Waals surface area contributed by atoms with Crippen LogP contribution in [0.2, 0.25) is 0 Å². The van der Waals surface area contributed by atoms with Crippen molar-refractivity contribution in [2.75, 3.05) is 0 Å². The average Bonchev–Trinajstić information content (AvgIpc) is 1.75. The normalized spacial score (nSPS) is 17.5. The van der Waals surface area contributed by atoms with Gasteiger partial charge in [0.05, 0.1) is 0 Å². The predicted molar refractivity (Wildman–Crippen MR) is 17.0 cm³/mol. The summed E-state index contributed by atoms with van der Waals surface area (Å²) in [6, 6.07) is 0. The van der Waals surface area contributed by atoms with E-state index >= 15 is 0 Å². The molecular formula is C4H3-. The summed E-state index contributed by atoms with van der Waals surface area (Å²) in [4.78, 5) is 0. The van der Waals surface area contributed by atoms with Crippen LogP contribution in [-0.4, -0.2) is 0 Å². The third kappa shape index (κ3) is 0.0554. The third-order valence-corrected chi connectivity index (χ3v) is 0.348. The molecule has 0 unspecified atom stereocenters. The van der Waals surface area contributed by atoms with E-state index in [1.54, 1.807) is 0 Å². The number of rotatable bonds is 0. The Balaban J connectivity index is 2.80. The van der Waals surface area contributed by atoms with E-state index < -0.39 is 0 Å².